The van der Waals surface area contributed by atoms with Gasteiger partial charge in [0.25, 0.3) is 0 Å². The van der Waals surface area contributed by atoms with Gasteiger partial charge >= 0.3 is 0 Å². The lowest BCUT2D eigenvalue weighted by molar-refractivity contribution is 0.124. The van der Waals surface area contributed by atoms with Crippen LogP contribution in [0.2, 0.25) is 5.02 Å². The van der Waals surface area contributed by atoms with Crippen molar-refractivity contribution >= 4 is 11.6 Å². The van der Waals surface area contributed by atoms with E-state index < -0.39 is 0 Å². The van der Waals surface area contributed by atoms with E-state index in [9.17, 15) is 0 Å². The molecule has 1 unspecified atom stereocenters. The molecule has 0 saturated heterocycles. The van der Waals surface area contributed by atoms with Crippen molar-refractivity contribution in [1.29, 1.82) is 0 Å². The van der Waals surface area contributed by atoms with Gasteiger partial charge in [-0.2, -0.15) is 5.10 Å². The summed E-state index contributed by atoms with van der Waals surface area (Å²) in [7, 11) is 1.94. The monoisotopic (exact) mass is 259 g/mol. The maximum Gasteiger partial charge on any atom is 0.0847 e. The normalized spacial score (nSPS) is 13.0. The predicted octanol–water partition coefficient (Wildman–Crippen LogP) is 2.03. The fourth-order valence-corrected chi connectivity index (χ4v) is 2.01. The third-order valence-corrected chi connectivity index (χ3v) is 3.32. The van der Waals surface area contributed by atoms with E-state index in [-0.39, 0.29) is 6.04 Å². The van der Waals surface area contributed by atoms with Gasteiger partial charge in [-0.1, -0.05) is 11.6 Å². The Balaban J connectivity index is 2.77. The number of rotatable bonds is 7. The van der Waals surface area contributed by atoms with Gasteiger partial charge in [-0.3, -0.25) is 4.68 Å². The van der Waals surface area contributed by atoms with Crippen molar-refractivity contribution in [3.63, 3.8) is 0 Å². The van der Waals surface area contributed by atoms with E-state index in [1.165, 1.54) is 0 Å². The van der Waals surface area contributed by atoms with Crippen molar-refractivity contribution in [2.45, 2.75) is 39.8 Å². The largest absolute Gasteiger partial charge is 0.380 e. The van der Waals surface area contributed by atoms with Gasteiger partial charge in [0, 0.05) is 25.6 Å². The Morgan fingerprint density at radius 2 is 2.18 bits per heavy atom. The first-order chi connectivity index (χ1) is 8.13. The third kappa shape index (κ3) is 3.69. The number of hydrogen-bond donors (Lipinski definition) is 1. The maximum atomic E-state index is 6.28. The number of nitrogens with one attached hydrogen (secondary N) is 1. The molecule has 0 amide bonds. The summed E-state index contributed by atoms with van der Waals surface area (Å²) >= 11 is 6.28. The minimum atomic E-state index is 0.272. The first kappa shape index (κ1) is 14.5. The first-order valence-corrected chi connectivity index (χ1v) is 6.48. The van der Waals surface area contributed by atoms with Crippen LogP contribution >= 0.6 is 11.6 Å². The van der Waals surface area contributed by atoms with Crippen LogP contribution in [0.3, 0.4) is 0 Å². The SMILES string of the molecule is CCOCC(Cc1c(Cl)c(C)nn1CC)NC. The Morgan fingerprint density at radius 3 is 2.71 bits per heavy atom. The molecular weight excluding hydrogens is 238 g/mol. The first-order valence-electron chi connectivity index (χ1n) is 6.10. The number of ether oxygens (including phenoxy) is 1. The maximum absolute atomic E-state index is 6.28. The summed E-state index contributed by atoms with van der Waals surface area (Å²) in [4.78, 5) is 0. The average molecular weight is 260 g/mol. The van der Waals surface area contributed by atoms with Crippen LogP contribution in [0.15, 0.2) is 0 Å². The highest BCUT2D eigenvalue weighted by Crippen LogP contribution is 2.21. The van der Waals surface area contributed by atoms with Crippen LogP contribution in [0.4, 0.5) is 0 Å². The summed E-state index contributed by atoms with van der Waals surface area (Å²) in [6.07, 6.45) is 0.837. The van der Waals surface area contributed by atoms with Crippen molar-refractivity contribution in [3.8, 4) is 0 Å². The molecule has 0 aliphatic rings. The molecule has 1 aromatic heterocycles. The fraction of sp³-hybridized carbons (Fsp3) is 0.750. The molecule has 98 valence electrons. The smallest absolute Gasteiger partial charge is 0.0847 e. The fourth-order valence-electron chi connectivity index (χ4n) is 1.80. The molecule has 5 heteroatoms. The highest BCUT2D eigenvalue weighted by molar-refractivity contribution is 6.31. The van der Waals surface area contributed by atoms with Crippen LogP contribution < -0.4 is 5.32 Å². The summed E-state index contributed by atoms with van der Waals surface area (Å²) in [6.45, 7) is 8.28. The zero-order valence-corrected chi connectivity index (χ0v) is 11.8. The van der Waals surface area contributed by atoms with Crippen LogP contribution in [0, 0.1) is 6.92 Å². The molecule has 0 fully saturated rings. The Kier molecular flexibility index (Phi) is 5.95. The van der Waals surface area contributed by atoms with Crippen LogP contribution in [-0.2, 0) is 17.7 Å². The molecule has 17 heavy (non-hydrogen) atoms. The molecular formula is C12H22ClN3O. The van der Waals surface area contributed by atoms with Gasteiger partial charge in [0.05, 0.1) is 23.0 Å². The average Bonchev–Trinajstić information content (AvgIpc) is 2.61. The van der Waals surface area contributed by atoms with Crippen molar-refractivity contribution in [1.82, 2.24) is 15.1 Å². The lowest BCUT2D eigenvalue weighted by Gasteiger charge is -2.16. The van der Waals surface area contributed by atoms with Crippen molar-refractivity contribution in [2.75, 3.05) is 20.3 Å². The van der Waals surface area contributed by atoms with Crippen molar-refractivity contribution < 1.29 is 4.74 Å². The van der Waals surface area contributed by atoms with E-state index in [0.717, 1.165) is 36.0 Å². The molecule has 1 N–H and O–H groups in total. The zero-order valence-electron chi connectivity index (χ0n) is 11.1. The summed E-state index contributed by atoms with van der Waals surface area (Å²) in [5, 5.41) is 8.44. The third-order valence-electron chi connectivity index (χ3n) is 2.82. The van der Waals surface area contributed by atoms with E-state index in [2.05, 4.69) is 17.3 Å². The standard InChI is InChI=1S/C12H22ClN3O/c1-5-16-11(12(13)9(3)15-16)7-10(14-4)8-17-6-2/h10,14H,5-8H2,1-4H3. The highest BCUT2D eigenvalue weighted by atomic mass is 35.5. The minimum Gasteiger partial charge on any atom is -0.380 e. The van der Waals surface area contributed by atoms with E-state index in [4.69, 9.17) is 16.3 Å². The molecule has 0 saturated carbocycles. The Hall–Kier alpha value is -0.580. The number of likely N-dealkylation sites (N-methyl/N-ethyl adjacent to an activating group) is 1. The zero-order chi connectivity index (χ0) is 12.8. The summed E-state index contributed by atoms with van der Waals surface area (Å²) in [5.74, 6) is 0. The van der Waals surface area contributed by atoms with Gasteiger partial charge in [-0.25, -0.2) is 0 Å². The van der Waals surface area contributed by atoms with Gasteiger partial charge in [-0.05, 0) is 27.8 Å². The van der Waals surface area contributed by atoms with Crippen molar-refractivity contribution in [2.24, 2.45) is 0 Å². The van der Waals surface area contributed by atoms with Crippen molar-refractivity contribution in [3.05, 3.63) is 16.4 Å². The Labute approximate surface area is 108 Å². The summed E-state index contributed by atoms with van der Waals surface area (Å²) in [5.41, 5.74) is 1.99. The number of aryl methyl sites for hydroxylation is 2. The van der Waals surface area contributed by atoms with Crippen LogP contribution in [0.25, 0.3) is 0 Å². The second-order valence-electron chi connectivity index (χ2n) is 4.01. The molecule has 4 nitrogen and oxygen atoms in total. The summed E-state index contributed by atoms with van der Waals surface area (Å²) < 4.78 is 7.41. The van der Waals surface area contributed by atoms with Gasteiger partial charge in [0.2, 0.25) is 0 Å². The molecule has 1 rings (SSSR count). The molecule has 1 atom stereocenters. The lowest BCUT2D eigenvalue weighted by atomic mass is 10.1. The number of hydrogen-bond acceptors (Lipinski definition) is 3. The quantitative estimate of drug-likeness (QED) is 0.815. The predicted molar refractivity (Wildman–Crippen MR) is 70.7 cm³/mol. The van der Waals surface area contributed by atoms with E-state index in [1.54, 1.807) is 0 Å². The van der Waals surface area contributed by atoms with Crippen LogP contribution in [0.1, 0.15) is 25.2 Å². The highest BCUT2D eigenvalue weighted by Gasteiger charge is 2.16. The van der Waals surface area contributed by atoms with Gasteiger partial charge in [0.15, 0.2) is 0 Å². The lowest BCUT2D eigenvalue weighted by Crippen LogP contribution is -2.33. The second-order valence-corrected chi connectivity index (χ2v) is 4.39. The molecule has 0 spiro atoms. The Bertz CT molecular complexity index is 352. The number of aromatic nitrogens is 2. The van der Waals surface area contributed by atoms with Crippen LogP contribution in [-0.4, -0.2) is 36.1 Å². The molecule has 1 aromatic rings. The Morgan fingerprint density at radius 1 is 1.47 bits per heavy atom. The number of halogens is 1. The molecule has 0 aromatic carbocycles. The molecule has 1 heterocycles. The van der Waals surface area contributed by atoms with E-state index in [1.807, 2.05) is 25.6 Å². The van der Waals surface area contributed by atoms with E-state index in [0.29, 0.717) is 6.61 Å². The molecule has 0 radical (unpaired) electrons. The summed E-state index contributed by atoms with van der Waals surface area (Å²) in [6, 6.07) is 0.272. The van der Waals surface area contributed by atoms with Gasteiger partial charge in [-0.15, -0.1) is 0 Å². The number of nitrogens with zero attached hydrogens (tertiary/aromatic N) is 2. The van der Waals surface area contributed by atoms with Gasteiger partial charge in [0.1, 0.15) is 0 Å². The topological polar surface area (TPSA) is 39.1 Å². The van der Waals surface area contributed by atoms with Gasteiger partial charge < -0.3 is 10.1 Å². The molecule has 0 bridgehead atoms. The van der Waals surface area contributed by atoms with E-state index >= 15 is 0 Å². The minimum absolute atomic E-state index is 0.272. The van der Waals surface area contributed by atoms with Crippen LogP contribution in [0.5, 0.6) is 0 Å². The molecule has 0 aliphatic carbocycles. The molecule has 0 aliphatic heterocycles. The second kappa shape index (κ2) is 6.99.